The molecule has 0 amide bonds. The minimum Gasteiger partial charge on any atom is -0.316 e. The summed E-state index contributed by atoms with van der Waals surface area (Å²) in [7, 11) is 0. The van der Waals surface area contributed by atoms with Crippen molar-refractivity contribution < 1.29 is 17.6 Å². The highest BCUT2D eigenvalue weighted by Crippen LogP contribution is 2.38. The molecule has 0 saturated carbocycles. The monoisotopic (exact) mass is 324 g/mol. The van der Waals surface area contributed by atoms with Crippen molar-refractivity contribution in [3.8, 4) is 0 Å². The van der Waals surface area contributed by atoms with Gasteiger partial charge in [-0.25, -0.2) is 17.6 Å². The average Bonchev–Trinajstić information content (AvgIpc) is 2.45. The molecule has 1 saturated heterocycles. The Hall–Kier alpha value is -0.880. The van der Waals surface area contributed by atoms with Crippen LogP contribution in [-0.2, 0) is 6.42 Å². The Labute approximate surface area is 125 Å². The van der Waals surface area contributed by atoms with Gasteiger partial charge in [0.15, 0.2) is 0 Å². The van der Waals surface area contributed by atoms with Crippen LogP contribution in [-0.4, -0.2) is 35.8 Å². The van der Waals surface area contributed by atoms with E-state index in [0.717, 1.165) is 0 Å². The third-order valence-corrected chi connectivity index (χ3v) is 4.07. The SMILES string of the molecule is FC(F)(CCl)CCc1cc(C2CNCCC2(F)F)ccn1. The lowest BCUT2D eigenvalue weighted by Crippen LogP contribution is -2.43. The molecule has 1 aliphatic rings. The molecule has 2 nitrogen and oxygen atoms in total. The summed E-state index contributed by atoms with van der Waals surface area (Å²) in [6.07, 6.45) is 0.749. The summed E-state index contributed by atoms with van der Waals surface area (Å²) in [5.74, 6) is -7.45. The highest BCUT2D eigenvalue weighted by molar-refractivity contribution is 6.18. The van der Waals surface area contributed by atoms with Crippen LogP contribution in [0.2, 0.25) is 0 Å². The first-order valence-electron chi connectivity index (χ1n) is 6.81. The second-order valence-corrected chi connectivity index (χ2v) is 5.61. The third kappa shape index (κ3) is 4.30. The molecule has 0 bridgehead atoms. The second-order valence-electron chi connectivity index (χ2n) is 5.34. The second kappa shape index (κ2) is 6.48. The first kappa shape index (κ1) is 16.5. The number of nitrogens with one attached hydrogen (secondary N) is 1. The van der Waals surface area contributed by atoms with Crippen molar-refractivity contribution in [2.75, 3.05) is 19.0 Å². The van der Waals surface area contributed by atoms with E-state index < -0.39 is 30.1 Å². The van der Waals surface area contributed by atoms with Crippen LogP contribution in [0.3, 0.4) is 0 Å². The molecule has 2 heterocycles. The Morgan fingerprint density at radius 3 is 2.86 bits per heavy atom. The normalized spacial score (nSPS) is 22.2. The van der Waals surface area contributed by atoms with Crippen LogP contribution >= 0.6 is 11.6 Å². The van der Waals surface area contributed by atoms with E-state index in [9.17, 15) is 17.6 Å². The van der Waals surface area contributed by atoms with Gasteiger partial charge in [-0.15, -0.1) is 11.6 Å². The fraction of sp³-hybridized carbons (Fsp3) is 0.643. The highest BCUT2D eigenvalue weighted by Gasteiger charge is 2.42. The lowest BCUT2D eigenvalue weighted by molar-refractivity contribution is -0.0479. The standard InChI is InChI=1S/C14H17ClF4N2/c15-9-13(16,17)3-1-11-7-10(2-5-21-11)12-8-20-6-4-14(12,18)19/h2,5,7,12,20H,1,3-4,6,8-9H2. The van der Waals surface area contributed by atoms with E-state index in [0.29, 0.717) is 11.3 Å². The molecule has 7 heteroatoms. The molecule has 0 aliphatic carbocycles. The Balaban J connectivity index is 2.10. The fourth-order valence-electron chi connectivity index (χ4n) is 2.41. The molecule has 118 valence electrons. The molecule has 1 unspecified atom stereocenters. The van der Waals surface area contributed by atoms with Crippen molar-refractivity contribution in [3.63, 3.8) is 0 Å². The first-order chi connectivity index (χ1) is 9.84. The average molecular weight is 325 g/mol. The molecule has 0 spiro atoms. The van der Waals surface area contributed by atoms with E-state index in [1.807, 2.05) is 0 Å². The van der Waals surface area contributed by atoms with Crippen LogP contribution in [0.4, 0.5) is 17.6 Å². The Morgan fingerprint density at radius 2 is 2.19 bits per heavy atom. The summed E-state index contributed by atoms with van der Waals surface area (Å²) in [5, 5.41) is 2.94. The number of pyridine rings is 1. The van der Waals surface area contributed by atoms with Gasteiger partial charge in [0.1, 0.15) is 0 Å². The maximum Gasteiger partial charge on any atom is 0.261 e. The fourth-order valence-corrected chi connectivity index (χ4v) is 2.55. The molecular weight excluding hydrogens is 308 g/mol. The Bertz CT molecular complexity index is 482. The van der Waals surface area contributed by atoms with Gasteiger partial charge in [0.25, 0.3) is 11.8 Å². The van der Waals surface area contributed by atoms with Crippen LogP contribution in [0.15, 0.2) is 18.3 Å². The zero-order valence-corrected chi connectivity index (χ0v) is 12.1. The van der Waals surface area contributed by atoms with Crippen LogP contribution in [0.5, 0.6) is 0 Å². The number of halogens is 5. The molecule has 1 atom stereocenters. The summed E-state index contributed by atoms with van der Waals surface area (Å²) in [4.78, 5) is 3.98. The van der Waals surface area contributed by atoms with E-state index in [2.05, 4.69) is 10.3 Å². The summed E-state index contributed by atoms with van der Waals surface area (Å²) < 4.78 is 54.1. The molecule has 0 radical (unpaired) electrons. The van der Waals surface area contributed by atoms with Crippen LogP contribution < -0.4 is 5.32 Å². The van der Waals surface area contributed by atoms with Gasteiger partial charge in [0, 0.05) is 37.8 Å². The molecule has 1 aromatic rings. The number of aromatic nitrogens is 1. The van der Waals surface area contributed by atoms with Gasteiger partial charge >= 0.3 is 0 Å². The third-order valence-electron chi connectivity index (χ3n) is 3.68. The molecule has 0 aromatic carbocycles. The number of piperidine rings is 1. The highest BCUT2D eigenvalue weighted by atomic mass is 35.5. The van der Waals surface area contributed by atoms with E-state index in [1.165, 1.54) is 18.3 Å². The Morgan fingerprint density at radius 1 is 1.43 bits per heavy atom. The first-order valence-corrected chi connectivity index (χ1v) is 7.35. The number of alkyl halides is 5. The molecule has 1 aromatic heterocycles. The minimum atomic E-state index is -2.96. The zero-order valence-electron chi connectivity index (χ0n) is 11.4. The van der Waals surface area contributed by atoms with Crippen molar-refractivity contribution in [1.82, 2.24) is 10.3 Å². The lowest BCUT2D eigenvalue weighted by Gasteiger charge is -2.32. The van der Waals surface area contributed by atoms with E-state index in [4.69, 9.17) is 11.6 Å². The number of aryl methyl sites for hydroxylation is 1. The van der Waals surface area contributed by atoms with E-state index in [-0.39, 0.29) is 25.9 Å². The zero-order chi connectivity index (χ0) is 15.5. The van der Waals surface area contributed by atoms with Crippen LogP contribution in [0.25, 0.3) is 0 Å². The number of hydrogen-bond donors (Lipinski definition) is 1. The molecule has 2 rings (SSSR count). The summed E-state index contributed by atoms with van der Waals surface area (Å²) in [5.41, 5.74) is 0.824. The minimum absolute atomic E-state index is 0.0132. The van der Waals surface area contributed by atoms with Crippen LogP contribution in [0, 0.1) is 0 Å². The van der Waals surface area contributed by atoms with Crippen LogP contribution in [0.1, 0.15) is 30.0 Å². The molecule has 1 aliphatic heterocycles. The quantitative estimate of drug-likeness (QED) is 0.661. The molecule has 1 N–H and O–H groups in total. The Kier molecular flexibility index (Phi) is 5.09. The maximum atomic E-state index is 13.9. The number of nitrogens with zero attached hydrogens (tertiary/aromatic N) is 1. The molecule has 21 heavy (non-hydrogen) atoms. The molecular formula is C14H17ClF4N2. The largest absolute Gasteiger partial charge is 0.316 e. The maximum absolute atomic E-state index is 13.9. The number of hydrogen-bond acceptors (Lipinski definition) is 2. The van der Waals surface area contributed by atoms with Gasteiger partial charge in [-0.1, -0.05) is 0 Å². The number of rotatable bonds is 5. The molecule has 1 fully saturated rings. The summed E-state index contributed by atoms with van der Waals surface area (Å²) in [6.45, 7) is 0.456. The van der Waals surface area contributed by atoms with Crippen molar-refractivity contribution in [2.24, 2.45) is 0 Å². The smallest absolute Gasteiger partial charge is 0.261 e. The van der Waals surface area contributed by atoms with Gasteiger partial charge in [0.2, 0.25) is 0 Å². The van der Waals surface area contributed by atoms with E-state index in [1.54, 1.807) is 0 Å². The van der Waals surface area contributed by atoms with Crippen molar-refractivity contribution in [3.05, 3.63) is 29.6 Å². The topological polar surface area (TPSA) is 24.9 Å². The summed E-state index contributed by atoms with van der Waals surface area (Å²) in [6, 6.07) is 3.02. The lowest BCUT2D eigenvalue weighted by atomic mass is 9.88. The van der Waals surface area contributed by atoms with Crippen molar-refractivity contribution in [2.45, 2.75) is 37.0 Å². The predicted molar refractivity (Wildman–Crippen MR) is 73.4 cm³/mol. The van der Waals surface area contributed by atoms with Crippen molar-refractivity contribution in [1.29, 1.82) is 0 Å². The van der Waals surface area contributed by atoms with Gasteiger partial charge < -0.3 is 5.32 Å². The summed E-state index contributed by atoms with van der Waals surface area (Å²) >= 11 is 5.17. The van der Waals surface area contributed by atoms with Gasteiger partial charge in [-0.3, -0.25) is 4.98 Å². The van der Waals surface area contributed by atoms with Crippen molar-refractivity contribution >= 4 is 11.6 Å². The van der Waals surface area contributed by atoms with E-state index >= 15 is 0 Å². The predicted octanol–water partition coefficient (Wildman–Crippen LogP) is 3.60. The van der Waals surface area contributed by atoms with Gasteiger partial charge in [0.05, 0.1) is 11.8 Å². The van der Waals surface area contributed by atoms with Gasteiger partial charge in [-0.2, -0.15) is 0 Å². The van der Waals surface area contributed by atoms with Gasteiger partial charge in [-0.05, 0) is 24.1 Å².